The standard InChI is InChI=1S/C8H14NS/c1-3-4-5-9-6-7-10-8(9)2/h6-7H,3-5H2,1-2H3/q+1. The quantitative estimate of drug-likeness (QED) is 0.590. The van der Waals surface area contributed by atoms with Gasteiger partial charge >= 0.3 is 0 Å². The number of hydrogen-bond acceptors (Lipinski definition) is 1. The molecule has 0 spiro atoms. The molecule has 0 radical (unpaired) electrons. The molecule has 1 aromatic rings. The van der Waals surface area contributed by atoms with Gasteiger partial charge in [0.1, 0.15) is 6.54 Å². The van der Waals surface area contributed by atoms with Crippen molar-refractivity contribution in [1.82, 2.24) is 0 Å². The van der Waals surface area contributed by atoms with Crippen LogP contribution in [0.2, 0.25) is 0 Å². The number of hydrogen-bond donors (Lipinski definition) is 0. The third kappa shape index (κ3) is 1.81. The van der Waals surface area contributed by atoms with Crippen LogP contribution in [0.15, 0.2) is 11.6 Å². The zero-order valence-corrected chi connectivity index (χ0v) is 7.45. The molecule has 0 bridgehead atoms. The molecule has 0 aliphatic carbocycles. The predicted molar refractivity (Wildman–Crippen MR) is 44.2 cm³/mol. The first-order valence-electron chi connectivity index (χ1n) is 3.78. The molecular formula is C8H14NS+. The van der Waals surface area contributed by atoms with Crippen LogP contribution in [-0.4, -0.2) is 0 Å². The van der Waals surface area contributed by atoms with Crippen LogP contribution < -0.4 is 4.57 Å². The van der Waals surface area contributed by atoms with Crippen molar-refractivity contribution in [1.29, 1.82) is 0 Å². The average Bonchev–Trinajstić information content (AvgIpc) is 2.31. The van der Waals surface area contributed by atoms with Gasteiger partial charge in [0.15, 0.2) is 6.20 Å². The van der Waals surface area contributed by atoms with Gasteiger partial charge in [0.05, 0.1) is 5.38 Å². The van der Waals surface area contributed by atoms with E-state index in [4.69, 9.17) is 0 Å². The van der Waals surface area contributed by atoms with Crippen LogP contribution in [0.25, 0.3) is 0 Å². The SMILES string of the molecule is CCCC[n+]1ccsc1C. The van der Waals surface area contributed by atoms with Gasteiger partial charge in [0.2, 0.25) is 5.01 Å². The molecule has 1 aromatic heterocycles. The minimum atomic E-state index is 1.19. The Balaban J connectivity index is 2.49. The average molecular weight is 156 g/mol. The number of aromatic nitrogens is 1. The van der Waals surface area contributed by atoms with Gasteiger partial charge in [-0.1, -0.05) is 24.7 Å². The molecule has 0 fully saturated rings. The summed E-state index contributed by atoms with van der Waals surface area (Å²) < 4.78 is 2.31. The van der Waals surface area contributed by atoms with Crippen molar-refractivity contribution >= 4 is 11.3 Å². The fraction of sp³-hybridized carbons (Fsp3) is 0.625. The van der Waals surface area contributed by atoms with Gasteiger partial charge in [-0.05, 0) is 0 Å². The lowest BCUT2D eigenvalue weighted by Gasteiger charge is -1.90. The van der Waals surface area contributed by atoms with Crippen LogP contribution in [0.3, 0.4) is 0 Å². The smallest absolute Gasteiger partial charge is 0.193 e. The second-order valence-electron chi connectivity index (χ2n) is 2.47. The van der Waals surface area contributed by atoms with Gasteiger partial charge in [-0.3, -0.25) is 0 Å². The lowest BCUT2D eigenvalue weighted by atomic mass is 10.3. The Morgan fingerprint density at radius 3 is 2.90 bits per heavy atom. The molecule has 0 unspecified atom stereocenters. The van der Waals surface area contributed by atoms with Crippen molar-refractivity contribution in [3.63, 3.8) is 0 Å². The van der Waals surface area contributed by atoms with Gasteiger partial charge < -0.3 is 0 Å². The Morgan fingerprint density at radius 2 is 2.40 bits per heavy atom. The molecule has 1 heterocycles. The Bertz CT molecular complexity index is 193. The molecule has 0 saturated carbocycles. The number of nitrogens with zero attached hydrogens (tertiary/aromatic N) is 1. The zero-order chi connectivity index (χ0) is 7.40. The summed E-state index contributed by atoms with van der Waals surface area (Å²) in [7, 11) is 0. The highest BCUT2D eigenvalue weighted by Gasteiger charge is 2.04. The maximum Gasteiger partial charge on any atom is 0.234 e. The lowest BCUT2D eigenvalue weighted by molar-refractivity contribution is -0.698. The first kappa shape index (κ1) is 7.73. The summed E-state index contributed by atoms with van der Waals surface area (Å²) in [4.78, 5) is 0. The van der Waals surface area contributed by atoms with E-state index in [-0.39, 0.29) is 0 Å². The highest BCUT2D eigenvalue weighted by molar-refractivity contribution is 7.09. The highest BCUT2D eigenvalue weighted by Crippen LogP contribution is 1.99. The molecule has 0 aromatic carbocycles. The van der Waals surface area contributed by atoms with Gasteiger partial charge in [0.25, 0.3) is 0 Å². The van der Waals surface area contributed by atoms with E-state index >= 15 is 0 Å². The summed E-state index contributed by atoms with van der Waals surface area (Å²) in [5.74, 6) is 0. The number of unbranched alkanes of at least 4 members (excludes halogenated alkanes) is 1. The Hall–Kier alpha value is -0.370. The Kier molecular flexibility index (Phi) is 2.87. The molecule has 56 valence electrons. The summed E-state index contributed by atoms with van der Waals surface area (Å²) in [6, 6.07) is 0. The maximum atomic E-state index is 2.31. The second kappa shape index (κ2) is 3.71. The molecule has 2 heteroatoms. The third-order valence-corrected chi connectivity index (χ3v) is 2.47. The van der Waals surface area contributed by atoms with Crippen LogP contribution in [0.4, 0.5) is 0 Å². The Labute approximate surface area is 66.3 Å². The molecule has 0 aliphatic rings. The van der Waals surface area contributed by atoms with Gasteiger partial charge in [-0.25, -0.2) is 0 Å². The first-order chi connectivity index (χ1) is 4.84. The molecule has 0 saturated heterocycles. The topological polar surface area (TPSA) is 3.88 Å². The molecule has 0 amide bonds. The lowest BCUT2D eigenvalue weighted by Crippen LogP contribution is -2.33. The molecule has 1 rings (SSSR count). The van der Waals surface area contributed by atoms with E-state index in [1.54, 1.807) is 0 Å². The van der Waals surface area contributed by atoms with Crippen molar-refractivity contribution in [2.45, 2.75) is 33.2 Å². The van der Waals surface area contributed by atoms with E-state index in [0.717, 1.165) is 0 Å². The second-order valence-corrected chi connectivity index (χ2v) is 3.57. The summed E-state index contributed by atoms with van der Waals surface area (Å²) in [5.41, 5.74) is 0. The minimum absolute atomic E-state index is 1.19. The highest BCUT2D eigenvalue weighted by atomic mass is 32.1. The molecule has 0 atom stereocenters. The van der Waals surface area contributed by atoms with E-state index in [1.165, 1.54) is 24.4 Å². The summed E-state index contributed by atoms with van der Waals surface area (Å²) in [5, 5.41) is 3.55. The van der Waals surface area contributed by atoms with Crippen LogP contribution in [-0.2, 0) is 6.54 Å². The van der Waals surface area contributed by atoms with Crippen LogP contribution in [0.1, 0.15) is 24.8 Å². The van der Waals surface area contributed by atoms with Crippen molar-refractivity contribution in [3.8, 4) is 0 Å². The van der Waals surface area contributed by atoms with Crippen molar-refractivity contribution in [3.05, 3.63) is 16.6 Å². The summed E-state index contributed by atoms with van der Waals surface area (Å²) in [6.45, 7) is 5.58. The zero-order valence-electron chi connectivity index (χ0n) is 6.63. The summed E-state index contributed by atoms with van der Waals surface area (Å²) in [6.07, 6.45) is 4.74. The molecule has 0 N–H and O–H groups in total. The van der Waals surface area contributed by atoms with Gasteiger partial charge in [-0.15, -0.1) is 0 Å². The first-order valence-corrected chi connectivity index (χ1v) is 4.66. The third-order valence-electron chi connectivity index (χ3n) is 1.64. The van der Waals surface area contributed by atoms with E-state index in [9.17, 15) is 0 Å². The van der Waals surface area contributed by atoms with Crippen LogP contribution >= 0.6 is 11.3 Å². The molecule has 10 heavy (non-hydrogen) atoms. The fourth-order valence-corrected chi connectivity index (χ4v) is 1.63. The van der Waals surface area contributed by atoms with E-state index in [1.807, 2.05) is 11.3 Å². The molecule has 1 nitrogen and oxygen atoms in total. The minimum Gasteiger partial charge on any atom is -0.193 e. The molecular weight excluding hydrogens is 142 g/mol. The van der Waals surface area contributed by atoms with E-state index in [2.05, 4.69) is 30.0 Å². The van der Waals surface area contributed by atoms with Gasteiger partial charge in [0, 0.05) is 13.3 Å². The normalized spacial score (nSPS) is 10.2. The Morgan fingerprint density at radius 1 is 1.60 bits per heavy atom. The number of rotatable bonds is 3. The predicted octanol–water partition coefficient (Wildman–Crippen LogP) is 2.14. The summed E-state index contributed by atoms with van der Waals surface area (Å²) >= 11 is 1.82. The van der Waals surface area contributed by atoms with Crippen molar-refractivity contribution in [2.75, 3.05) is 0 Å². The van der Waals surface area contributed by atoms with Crippen LogP contribution in [0.5, 0.6) is 0 Å². The number of thiazole rings is 1. The monoisotopic (exact) mass is 156 g/mol. The molecule has 0 aliphatic heterocycles. The van der Waals surface area contributed by atoms with E-state index < -0.39 is 0 Å². The van der Waals surface area contributed by atoms with Crippen molar-refractivity contribution < 1.29 is 4.57 Å². The van der Waals surface area contributed by atoms with E-state index in [0.29, 0.717) is 0 Å². The van der Waals surface area contributed by atoms with Crippen LogP contribution in [0, 0.1) is 6.92 Å². The largest absolute Gasteiger partial charge is 0.234 e. The number of aryl methyl sites for hydroxylation is 2. The maximum absolute atomic E-state index is 2.31. The van der Waals surface area contributed by atoms with Crippen molar-refractivity contribution in [2.24, 2.45) is 0 Å². The van der Waals surface area contributed by atoms with Gasteiger partial charge in [-0.2, -0.15) is 4.57 Å². The fourth-order valence-electron chi connectivity index (χ4n) is 0.935.